The van der Waals surface area contributed by atoms with Crippen molar-refractivity contribution in [2.24, 2.45) is 11.8 Å². The summed E-state index contributed by atoms with van der Waals surface area (Å²) >= 11 is 0. The van der Waals surface area contributed by atoms with Crippen LogP contribution in [-0.2, 0) is 11.2 Å². The first-order chi connectivity index (χ1) is 13.7. The van der Waals surface area contributed by atoms with Crippen LogP contribution in [0.1, 0.15) is 63.4 Å². The summed E-state index contributed by atoms with van der Waals surface area (Å²) in [5, 5.41) is 0. The summed E-state index contributed by atoms with van der Waals surface area (Å²) in [6.45, 7) is 0.562. The van der Waals surface area contributed by atoms with Crippen LogP contribution >= 0.6 is 0 Å². The molecule has 2 fully saturated rings. The smallest absolute Gasteiger partial charge is 0.483 e. The predicted molar refractivity (Wildman–Crippen MR) is 106 cm³/mol. The Kier molecular flexibility index (Phi) is 9.82. The van der Waals surface area contributed by atoms with Crippen LogP contribution in [0.25, 0.3) is 0 Å². The van der Waals surface area contributed by atoms with E-state index in [0.717, 1.165) is 36.7 Å². The zero-order valence-corrected chi connectivity index (χ0v) is 22.5. The number of fused-ring (bicyclic) bond motifs is 1. The Bertz CT molecular complexity index is 680. The van der Waals surface area contributed by atoms with Crippen LogP contribution < -0.4 is 62.9 Å². The maximum absolute atomic E-state index is 13.9. The van der Waals surface area contributed by atoms with Crippen molar-refractivity contribution in [1.82, 2.24) is 0 Å². The van der Waals surface area contributed by atoms with E-state index in [-0.39, 0.29) is 70.0 Å². The summed E-state index contributed by atoms with van der Waals surface area (Å²) in [7, 11) is 0. The maximum Gasteiger partial charge on any atom is 1.00 e. The molecule has 1 aliphatic heterocycles. The van der Waals surface area contributed by atoms with Gasteiger partial charge in [0.15, 0.2) is 11.6 Å². The van der Waals surface area contributed by atoms with Crippen molar-refractivity contribution < 1.29 is 76.4 Å². The third-order valence-corrected chi connectivity index (χ3v) is 6.75. The fourth-order valence-corrected chi connectivity index (χ4v) is 5.09. The van der Waals surface area contributed by atoms with Crippen LogP contribution in [0.2, 0.25) is 0 Å². The van der Waals surface area contributed by atoms with E-state index in [0.29, 0.717) is 19.1 Å². The molecule has 29 heavy (non-hydrogen) atoms. The van der Waals surface area contributed by atoms with Gasteiger partial charge in [-0.05, 0) is 68.1 Å². The molecule has 1 atom stereocenters. The Morgan fingerprint density at radius 2 is 1.72 bits per heavy atom. The van der Waals surface area contributed by atoms with Gasteiger partial charge in [-0.25, -0.2) is 4.39 Å². The summed E-state index contributed by atoms with van der Waals surface area (Å²) in [6, 6.07) is 2.78. The standard InChI is InChI=1S/C24H31F2O2.Rb/c25-22-15-11-19-10-14-21(28-24(19)23(22)26)7-4-16-27-20-12-8-18(9-13-20)17-5-2-1-3-6-17;/h1,4,7,11,15,17-18,20-21H,2-3,5-6,8-10,12-14,16H2;/q-1;+1/b7-4+;. The molecule has 4 rings (SSSR count). The van der Waals surface area contributed by atoms with E-state index in [1.807, 2.05) is 12.2 Å². The number of hydrogen-bond acceptors (Lipinski definition) is 2. The van der Waals surface area contributed by atoms with E-state index in [1.165, 1.54) is 44.6 Å². The fraction of sp³-hybridized carbons (Fsp3) is 0.625. The van der Waals surface area contributed by atoms with Crippen LogP contribution in [0, 0.1) is 29.9 Å². The van der Waals surface area contributed by atoms with E-state index >= 15 is 0 Å². The molecule has 2 aliphatic carbocycles. The van der Waals surface area contributed by atoms with E-state index in [4.69, 9.17) is 9.47 Å². The van der Waals surface area contributed by atoms with Crippen molar-refractivity contribution in [3.05, 3.63) is 47.9 Å². The normalized spacial score (nSPS) is 27.9. The Labute approximate surface area is 222 Å². The fourth-order valence-electron chi connectivity index (χ4n) is 5.09. The number of halogens is 2. The van der Waals surface area contributed by atoms with Crippen LogP contribution in [0.15, 0.2) is 24.3 Å². The summed E-state index contributed by atoms with van der Waals surface area (Å²) in [5.74, 6) is 0.172. The first-order valence-corrected chi connectivity index (χ1v) is 10.9. The van der Waals surface area contributed by atoms with Gasteiger partial charge in [-0.15, -0.1) is 0 Å². The maximum atomic E-state index is 13.9. The van der Waals surface area contributed by atoms with E-state index in [9.17, 15) is 8.78 Å². The van der Waals surface area contributed by atoms with E-state index in [2.05, 4.69) is 6.42 Å². The van der Waals surface area contributed by atoms with Gasteiger partial charge in [0.1, 0.15) is 6.10 Å². The molecule has 0 spiro atoms. The van der Waals surface area contributed by atoms with Gasteiger partial charge in [0, 0.05) is 0 Å². The Morgan fingerprint density at radius 1 is 1.00 bits per heavy atom. The number of benzene rings is 1. The molecule has 0 saturated heterocycles. The van der Waals surface area contributed by atoms with Crippen LogP contribution in [0.5, 0.6) is 5.75 Å². The Balaban J connectivity index is 0.00000240. The SMILES string of the molecule is Fc1ccc2c(c1F)OC(/C=C/COC1CCC(C3CC[CH-]CC3)CC1)CC2.[Rb+]. The quantitative estimate of drug-likeness (QED) is 0.482. The van der Waals surface area contributed by atoms with Crippen LogP contribution in [0.4, 0.5) is 8.78 Å². The molecular formula is C24H31F2O2Rb. The molecule has 2 saturated carbocycles. The second-order valence-corrected chi connectivity index (χ2v) is 8.55. The molecule has 5 heteroatoms. The average molecular weight is 475 g/mol. The molecule has 0 amide bonds. The molecule has 1 aromatic carbocycles. The van der Waals surface area contributed by atoms with Crippen molar-refractivity contribution >= 4 is 0 Å². The molecule has 1 unspecified atom stereocenters. The number of hydrogen-bond donors (Lipinski definition) is 0. The Morgan fingerprint density at radius 3 is 2.48 bits per heavy atom. The zero-order chi connectivity index (χ0) is 19.3. The molecule has 154 valence electrons. The van der Waals surface area contributed by atoms with Crippen molar-refractivity contribution in [3.8, 4) is 5.75 Å². The first-order valence-electron chi connectivity index (χ1n) is 10.9. The molecule has 0 N–H and O–H groups in total. The van der Waals surface area contributed by atoms with Crippen molar-refractivity contribution in [3.63, 3.8) is 0 Å². The van der Waals surface area contributed by atoms with Gasteiger partial charge in [0.25, 0.3) is 0 Å². The van der Waals surface area contributed by atoms with Crippen molar-refractivity contribution in [2.45, 2.75) is 76.4 Å². The molecule has 1 aromatic rings. The number of aryl methyl sites for hydroxylation is 1. The summed E-state index contributed by atoms with van der Waals surface area (Å²) < 4.78 is 39.0. The van der Waals surface area contributed by atoms with Crippen LogP contribution in [0.3, 0.4) is 0 Å². The van der Waals surface area contributed by atoms with Crippen molar-refractivity contribution in [2.75, 3.05) is 6.61 Å². The molecule has 0 bridgehead atoms. The minimum absolute atomic E-state index is 0. The van der Waals surface area contributed by atoms with Crippen molar-refractivity contribution in [1.29, 1.82) is 0 Å². The zero-order valence-electron chi connectivity index (χ0n) is 17.5. The van der Waals surface area contributed by atoms with Gasteiger partial charge in [-0.3, -0.25) is 0 Å². The van der Waals surface area contributed by atoms with Gasteiger partial charge in [0.2, 0.25) is 5.82 Å². The molecule has 1 heterocycles. The third kappa shape index (κ3) is 6.44. The summed E-state index contributed by atoms with van der Waals surface area (Å²) in [4.78, 5) is 0. The van der Waals surface area contributed by atoms with Gasteiger partial charge in [-0.1, -0.05) is 25.0 Å². The van der Waals surface area contributed by atoms with Crippen LogP contribution in [-0.4, -0.2) is 18.8 Å². The minimum atomic E-state index is -0.875. The molecular weight excluding hydrogens is 444 g/mol. The predicted octanol–water partition coefficient (Wildman–Crippen LogP) is 3.19. The molecule has 3 aliphatic rings. The second kappa shape index (κ2) is 11.8. The average Bonchev–Trinajstić information content (AvgIpc) is 2.75. The number of ether oxygens (including phenoxy) is 2. The Hall–Kier alpha value is 0.385. The molecule has 2 nitrogen and oxygen atoms in total. The third-order valence-electron chi connectivity index (χ3n) is 6.75. The van der Waals surface area contributed by atoms with Gasteiger partial charge in [0.05, 0.1) is 12.7 Å². The monoisotopic (exact) mass is 474 g/mol. The largest absolute Gasteiger partial charge is 1.00 e. The van der Waals surface area contributed by atoms with Gasteiger partial charge >= 0.3 is 58.2 Å². The molecule has 0 aromatic heterocycles. The van der Waals surface area contributed by atoms with E-state index < -0.39 is 11.6 Å². The first kappa shape index (κ1) is 24.0. The molecule has 0 radical (unpaired) electrons. The topological polar surface area (TPSA) is 18.5 Å². The summed E-state index contributed by atoms with van der Waals surface area (Å²) in [5.41, 5.74) is 0.743. The van der Waals surface area contributed by atoms with Gasteiger partial charge < -0.3 is 15.9 Å². The summed E-state index contributed by atoms with van der Waals surface area (Å²) in [6.07, 6.45) is 18.2. The second-order valence-electron chi connectivity index (χ2n) is 8.55. The minimum Gasteiger partial charge on any atom is -0.483 e. The van der Waals surface area contributed by atoms with E-state index in [1.54, 1.807) is 6.07 Å². The number of rotatable bonds is 5. The van der Waals surface area contributed by atoms with Gasteiger partial charge in [-0.2, -0.15) is 17.2 Å².